The second kappa shape index (κ2) is 19.0. The SMILES string of the molecule is CCCCCCCCCCCCCCCCNCC(O)CC. The van der Waals surface area contributed by atoms with Crippen LogP contribution in [-0.2, 0) is 0 Å². The van der Waals surface area contributed by atoms with Crippen molar-refractivity contribution < 1.29 is 5.11 Å². The molecule has 0 bridgehead atoms. The third kappa shape index (κ3) is 18.0. The van der Waals surface area contributed by atoms with Crippen molar-refractivity contribution in [3.8, 4) is 0 Å². The number of unbranched alkanes of at least 4 members (excludes halogenated alkanes) is 13. The van der Waals surface area contributed by atoms with Gasteiger partial charge in [-0.2, -0.15) is 0 Å². The standard InChI is InChI=1S/C20H43NO/c1-3-5-6-7-8-9-10-11-12-13-14-15-16-17-18-21-19-20(22)4-2/h20-22H,3-19H2,1-2H3. The van der Waals surface area contributed by atoms with Crippen LogP contribution in [0.2, 0.25) is 0 Å². The van der Waals surface area contributed by atoms with Gasteiger partial charge < -0.3 is 10.4 Å². The highest BCUT2D eigenvalue weighted by atomic mass is 16.3. The summed E-state index contributed by atoms with van der Waals surface area (Å²) in [6.45, 7) is 6.14. The van der Waals surface area contributed by atoms with Crippen molar-refractivity contribution in [2.45, 2.75) is 116 Å². The maximum absolute atomic E-state index is 9.41. The third-order valence-corrected chi connectivity index (χ3v) is 4.56. The first-order valence-corrected chi connectivity index (χ1v) is 10.2. The second-order valence-corrected chi connectivity index (χ2v) is 6.86. The average molecular weight is 314 g/mol. The Kier molecular flexibility index (Phi) is 18.9. The minimum Gasteiger partial charge on any atom is -0.392 e. The van der Waals surface area contributed by atoms with Crippen molar-refractivity contribution in [1.82, 2.24) is 5.32 Å². The van der Waals surface area contributed by atoms with Gasteiger partial charge in [-0.25, -0.2) is 0 Å². The highest BCUT2D eigenvalue weighted by molar-refractivity contribution is 4.57. The van der Waals surface area contributed by atoms with E-state index in [1.54, 1.807) is 0 Å². The van der Waals surface area contributed by atoms with E-state index in [0.29, 0.717) is 0 Å². The largest absolute Gasteiger partial charge is 0.392 e. The normalized spacial score (nSPS) is 12.7. The fourth-order valence-corrected chi connectivity index (χ4v) is 2.86. The van der Waals surface area contributed by atoms with Crippen LogP contribution in [0.1, 0.15) is 110 Å². The number of aliphatic hydroxyl groups excluding tert-OH is 1. The highest BCUT2D eigenvalue weighted by Gasteiger charge is 1.98. The summed E-state index contributed by atoms with van der Waals surface area (Å²) in [7, 11) is 0. The van der Waals surface area contributed by atoms with Crippen LogP contribution in [0.5, 0.6) is 0 Å². The van der Waals surface area contributed by atoms with E-state index >= 15 is 0 Å². The molecule has 2 N–H and O–H groups in total. The van der Waals surface area contributed by atoms with Gasteiger partial charge in [-0.3, -0.25) is 0 Å². The molecule has 1 atom stereocenters. The molecular formula is C20H43NO. The molecule has 0 saturated carbocycles. The molecule has 134 valence electrons. The Labute approximate surface area is 140 Å². The summed E-state index contributed by atoms with van der Waals surface area (Å²) in [6, 6.07) is 0. The zero-order valence-corrected chi connectivity index (χ0v) is 15.5. The van der Waals surface area contributed by atoms with Crippen molar-refractivity contribution in [3.05, 3.63) is 0 Å². The maximum atomic E-state index is 9.41. The minimum atomic E-state index is -0.161. The first-order chi connectivity index (χ1) is 10.8. The molecule has 0 aliphatic heterocycles. The fraction of sp³-hybridized carbons (Fsp3) is 1.00. The Bertz CT molecular complexity index is 196. The van der Waals surface area contributed by atoms with Gasteiger partial charge in [-0.05, 0) is 19.4 Å². The number of aliphatic hydroxyl groups is 1. The molecule has 2 heteroatoms. The first kappa shape index (κ1) is 21.9. The summed E-state index contributed by atoms with van der Waals surface area (Å²) in [5, 5.41) is 12.7. The van der Waals surface area contributed by atoms with Gasteiger partial charge in [0.15, 0.2) is 0 Å². The van der Waals surface area contributed by atoms with Gasteiger partial charge in [0.1, 0.15) is 0 Å². The predicted molar refractivity (Wildman–Crippen MR) is 99.5 cm³/mol. The average Bonchev–Trinajstić information content (AvgIpc) is 2.54. The van der Waals surface area contributed by atoms with Crippen LogP contribution in [0, 0.1) is 0 Å². The minimum absolute atomic E-state index is 0.161. The van der Waals surface area contributed by atoms with Crippen molar-refractivity contribution in [3.63, 3.8) is 0 Å². The lowest BCUT2D eigenvalue weighted by Crippen LogP contribution is -2.26. The van der Waals surface area contributed by atoms with Crippen LogP contribution in [0.4, 0.5) is 0 Å². The molecule has 0 rings (SSSR count). The first-order valence-electron chi connectivity index (χ1n) is 10.2. The van der Waals surface area contributed by atoms with Crippen molar-refractivity contribution in [2.75, 3.05) is 13.1 Å². The third-order valence-electron chi connectivity index (χ3n) is 4.56. The van der Waals surface area contributed by atoms with E-state index in [2.05, 4.69) is 12.2 Å². The maximum Gasteiger partial charge on any atom is 0.0662 e. The molecule has 2 nitrogen and oxygen atoms in total. The van der Waals surface area contributed by atoms with E-state index in [1.807, 2.05) is 6.92 Å². The molecule has 1 unspecified atom stereocenters. The quantitative estimate of drug-likeness (QED) is 0.312. The van der Waals surface area contributed by atoms with E-state index in [9.17, 15) is 5.11 Å². The molecule has 0 aliphatic rings. The van der Waals surface area contributed by atoms with Crippen molar-refractivity contribution in [2.24, 2.45) is 0 Å². The lowest BCUT2D eigenvalue weighted by molar-refractivity contribution is 0.167. The van der Waals surface area contributed by atoms with Gasteiger partial charge >= 0.3 is 0 Å². The lowest BCUT2D eigenvalue weighted by Gasteiger charge is -2.09. The van der Waals surface area contributed by atoms with Crippen molar-refractivity contribution in [1.29, 1.82) is 0 Å². The van der Waals surface area contributed by atoms with Crippen LogP contribution >= 0.6 is 0 Å². The van der Waals surface area contributed by atoms with Crippen LogP contribution < -0.4 is 5.32 Å². The molecule has 0 saturated heterocycles. The van der Waals surface area contributed by atoms with Crippen LogP contribution in [-0.4, -0.2) is 24.3 Å². The Morgan fingerprint density at radius 3 is 1.45 bits per heavy atom. The molecule has 22 heavy (non-hydrogen) atoms. The monoisotopic (exact) mass is 313 g/mol. The summed E-state index contributed by atoms with van der Waals surface area (Å²) in [5.41, 5.74) is 0. The van der Waals surface area contributed by atoms with Gasteiger partial charge in [0.25, 0.3) is 0 Å². The number of rotatable bonds is 18. The summed E-state index contributed by atoms with van der Waals surface area (Å²) < 4.78 is 0. The highest BCUT2D eigenvalue weighted by Crippen LogP contribution is 2.12. The molecule has 0 fully saturated rings. The van der Waals surface area contributed by atoms with E-state index in [1.165, 1.54) is 89.9 Å². The Balaban J connectivity index is 2.97. The number of nitrogens with one attached hydrogen (secondary N) is 1. The van der Waals surface area contributed by atoms with Gasteiger partial charge in [0, 0.05) is 6.54 Å². The summed E-state index contributed by atoms with van der Waals surface area (Å²) in [5.74, 6) is 0. The molecule has 0 aromatic carbocycles. The smallest absolute Gasteiger partial charge is 0.0662 e. The molecule has 0 amide bonds. The van der Waals surface area contributed by atoms with E-state index in [4.69, 9.17) is 0 Å². The topological polar surface area (TPSA) is 32.3 Å². The van der Waals surface area contributed by atoms with Crippen molar-refractivity contribution >= 4 is 0 Å². The molecule has 0 aromatic rings. The van der Waals surface area contributed by atoms with Crippen LogP contribution in [0.3, 0.4) is 0 Å². The number of hydrogen-bond acceptors (Lipinski definition) is 2. The summed E-state index contributed by atoms with van der Waals surface area (Å²) >= 11 is 0. The molecule has 0 aliphatic carbocycles. The van der Waals surface area contributed by atoms with Crippen LogP contribution in [0.25, 0.3) is 0 Å². The Hall–Kier alpha value is -0.0800. The second-order valence-electron chi connectivity index (χ2n) is 6.86. The van der Waals surface area contributed by atoms with E-state index < -0.39 is 0 Å². The number of hydrogen-bond donors (Lipinski definition) is 2. The molecule has 0 radical (unpaired) electrons. The molecule has 0 aromatic heterocycles. The van der Waals surface area contributed by atoms with Gasteiger partial charge in [0.05, 0.1) is 6.10 Å². The molecule has 0 spiro atoms. The summed E-state index contributed by atoms with van der Waals surface area (Å²) in [6.07, 6.45) is 20.5. The zero-order chi connectivity index (χ0) is 16.3. The van der Waals surface area contributed by atoms with Gasteiger partial charge in [-0.15, -0.1) is 0 Å². The summed E-state index contributed by atoms with van der Waals surface area (Å²) in [4.78, 5) is 0. The van der Waals surface area contributed by atoms with Crippen LogP contribution in [0.15, 0.2) is 0 Å². The predicted octanol–water partition coefficient (Wildman–Crippen LogP) is 5.83. The fourth-order valence-electron chi connectivity index (χ4n) is 2.86. The van der Waals surface area contributed by atoms with Gasteiger partial charge in [-0.1, -0.05) is 97.3 Å². The van der Waals surface area contributed by atoms with E-state index in [0.717, 1.165) is 19.5 Å². The molecule has 0 heterocycles. The Morgan fingerprint density at radius 2 is 1.05 bits per heavy atom. The molecular weight excluding hydrogens is 270 g/mol. The van der Waals surface area contributed by atoms with Gasteiger partial charge in [0.2, 0.25) is 0 Å². The zero-order valence-electron chi connectivity index (χ0n) is 15.5. The van der Waals surface area contributed by atoms with E-state index in [-0.39, 0.29) is 6.10 Å². The lowest BCUT2D eigenvalue weighted by atomic mass is 10.0. The Morgan fingerprint density at radius 1 is 0.636 bits per heavy atom.